The first-order valence-electron chi connectivity index (χ1n) is 6.76. The second-order valence-corrected chi connectivity index (χ2v) is 7.24. The van der Waals surface area contributed by atoms with Crippen LogP contribution in [0.3, 0.4) is 0 Å². The highest BCUT2D eigenvalue weighted by Crippen LogP contribution is 2.22. The van der Waals surface area contributed by atoms with Gasteiger partial charge >= 0.3 is 0 Å². The molecule has 0 unspecified atom stereocenters. The molecule has 0 atom stereocenters. The van der Waals surface area contributed by atoms with E-state index in [2.05, 4.69) is 0 Å². The average Bonchev–Trinajstić information content (AvgIpc) is 2.48. The van der Waals surface area contributed by atoms with Gasteiger partial charge in [-0.05, 0) is 37.0 Å². The number of hydrogen-bond donors (Lipinski definition) is 0. The molecule has 0 spiro atoms. The molecule has 1 aliphatic rings. The fourth-order valence-corrected chi connectivity index (χ4v) is 4.08. The Labute approximate surface area is 125 Å². The summed E-state index contributed by atoms with van der Waals surface area (Å²) in [5, 5.41) is 0. The maximum atomic E-state index is 12.5. The van der Waals surface area contributed by atoms with E-state index < -0.39 is 10.0 Å². The summed E-state index contributed by atoms with van der Waals surface area (Å²) in [6.07, 6.45) is 2.42. The summed E-state index contributed by atoms with van der Waals surface area (Å²) in [6.45, 7) is 1.04. The van der Waals surface area contributed by atoms with E-state index >= 15 is 0 Å². The van der Waals surface area contributed by atoms with Crippen LogP contribution in [0.5, 0.6) is 0 Å². The summed E-state index contributed by atoms with van der Waals surface area (Å²) >= 11 is 5.68. The molecule has 4 nitrogen and oxygen atoms in total. The van der Waals surface area contributed by atoms with Gasteiger partial charge in [-0.1, -0.05) is 12.1 Å². The van der Waals surface area contributed by atoms with Crippen molar-refractivity contribution in [3.8, 4) is 0 Å². The van der Waals surface area contributed by atoms with Crippen LogP contribution in [0.25, 0.3) is 0 Å². The van der Waals surface area contributed by atoms with Gasteiger partial charge in [0.15, 0.2) is 0 Å². The number of halogens is 1. The van der Waals surface area contributed by atoms with Crippen LogP contribution in [0.2, 0.25) is 0 Å². The Morgan fingerprint density at radius 2 is 1.85 bits per heavy atom. The number of ether oxygens (including phenoxy) is 1. The van der Waals surface area contributed by atoms with Crippen molar-refractivity contribution in [3.05, 3.63) is 29.8 Å². The molecule has 1 heterocycles. The summed E-state index contributed by atoms with van der Waals surface area (Å²) < 4.78 is 31.8. The molecule has 0 aromatic heterocycles. The van der Waals surface area contributed by atoms with Gasteiger partial charge in [0, 0.05) is 26.1 Å². The zero-order valence-corrected chi connectivity index (χ0v) is 13.2. The van der Waals surface area contributed by atoms with E-state index in [9.17, 15) is 8.42 Å². The van der Waals surface area contributed by atoms with Crippen molar-refractivity contribution in [3.63, 3.8) is 0 Å². The van der Waals surface area contributed by atoms with Crippen LogP contribution < -0.4 is 0 Å². The first-order chi connectivity index (χ1) is 9.57. The lowest BCUT2D eigenvalue weighted by molar-refractivity contribution is 0.0604. The van der Waals surface area contributed by atoms with E-state index in [1.165, 1.54) is 0 Å². The van der Waals surface area contributed by atoms with Gasteiger partial charge in [0.1, 0.15) is 0 Å². The van der Waals surface area contributed by atoms with Gasteiger partial charge in [-0.15, -0.1) is 11.6 Å². The molecular formula is C14H20ClNO3S. The second kappa shape index (κ2) is 6.89. The number of sulfonamides is 1. The highest BCUT2D eigenvalue weighted by molar-refractivity contribution is 7.89. The highest BCUT2D eigenvalue weighted by atomic mass is 35.5. The largest absolute Gasteiger partial charge is 0.381 e. The molecule has 1 aliphatic heterocycles. The monoisotopic (exact) mass is 317 g/mol. The number of hydrogen-bond acceptors (Lipinski definition) is 3. The van der Waals surface area contributed by atoms with Crippen LogP contribution in [-0.4, -0.2) is 44.9 Å². The van der Waals surface area contributed by atoms with Gasteiger partial charge in [0.05, 0.1) is 11.0 Å². The van der Waals surface area contributed by atoms with Crippen LogP contribution in [0.4, 0.5) is 0 Å². The third-order valence-corrected chi connectivity index (χ3v) is 5.78. The molecule has 0 amide bonds. The molecule has 0 N–H and O–H groups in total. The van der Waals surface area contributed by atoms with Crippen molar-refractivity contribution in [2.24, 2.45) is 0 Å². The lowest BCUT2D eigenvalue weighted by Crippen LogP contribution is -2.40. The lowest BCUT2D eigenvalue weighted by atomic mass is 10.1. The summed E-state index contributed by atoms with van der Waals surface area (Å²) in [5.74, 6) is 0.538. The van der Waals surface area contributed by atoms with Crippen molar-refractivity contribution in [2.75, 3.05) is 26.1 Å². The van der Waals surface area contributed by atoms with Gasteiger partial charge in [0.2, 0.25) is 10.0 Å². The van der Waals surface area contributed by atoms with E-state index in [1.54, 1.807) is 23.5 Å². The first kappa shape index (κ1) is 15.8. The van der Waals surface area contributed by atoms with Crippen molar-refractivity contribution >= 4 is 21.6 Å². The number of piperidine rings is 1. The number of methoxy groups -OCH3 is 1. The van der Waals surface area contributed by atoms with Crippen molar-refractivity contribution in [1.82, 2.24) is 4.31 Å². The van der Waals surface area contributed by atoms with Gasteiger partial charge in [-0.25, -0.2) is 8.42 Å². The topological polar surface area (TPSA) is 46.6 Å². The molecule has 0 bridgehead atoms. The fourth-order valence-electron chi connectivity index (χ4n) is 2.39. The molecule has 0 saturated carbocycles. The van der Waals surface area contributed by atoms with Gasteiger partial charge in [-0.3, -0.25) is 0 Å². The van der Waals surface area contributed by atoms with Crippen LogP contribution in [0, 0.1) is 0 Å². The first-order valence-corrected chi connectivity index (χ1v) is 8.73. The van der Waals surface area contributed by atoms with Crippen LogP contribution >= 0.6 is 11.6 Å². The molecule has 2 rings (SSSR count). The molecule has 20 heavy (non-hydrogen) atoms. The Balaban J connectivity index is 2.10. The maximum Gasteiger partial charge on any atom is 0.243 e. The smallest absolute Gasteiger partial charge is 0.243 e. The highest BCUT2D eigenvalue weighted by Gasteiger charge is 2.29. The molecule has 1 aromatic carbocycles. The van der Waals surface area contributed by atoms with E-state index in [4.69, 9.17) is 16.3 Å². The van der Waals surface area contributed by atoms with Crippen molar-refractivity contribution < 1.29 is 13.2 Å². The minimum atomic E-state index is -3.38. The number of benzene rings is 1. The zero-order chi connectivity index (χ0) is 14.6. The minimum absolute atomic E-state index is 0.174. The Morgan fingerprint density at radius 3 is 2.35 bits per heavy atom. The minimum Gasteiger partial charge on any atom is -0.381 e. The van der Waals surface area contributed by atoms with E-state index in [0.717, 1.165) is 24.8 Å². The number of alkyl halides is 1. The number of nitrogens with zero attached hydrogens (tertiary/aromatic N) is 1. The molecule has 1 aromatic rings. The predicted molar refractivity (Wildman–Crippen MR) is 79.7 cm³/mol. The average molecular weight is 318 g/mol. The molecule has 0 radical (unpaired) electrons. The third-order valence-electron chi connectivity index (χ3n) is 3.68. The Kier molecular flexibility index (Phi) is 5.43. The van der Waals surface area contributed by atoms with E-state index in [-0.39, 0.29) is 6.10 Å². The standard InChI is InChI=1S/C14H20ClNO3S/c1-19-13-7-10-16(11-8-13)20(17,18)14-4-2-12(3-5-14)6-9-15/h2-5,13H,6-11H2,1H3. The maximum absolute atomic E-state index is 12.5. The second-order valence-electron chi connectivity index (χ2n) is 4.92. The Morgan fingerprint density at radius 1 is 1.25 bits per heavy atom. The number of rotatable bonds is 5. The van der Waals surface area contributed by atoms with Crippen LogP contribution in [-0.2, 0) is 21.2 Å². The summed E-state index contributed by atoms with van der Waals surface area (Å²) in [6, 6.07) is 6.99. The van der Waals surface area contributed by atoms with Crippen LogP contribution in [0.1, 0.15) is 18.4 Å². The van der Waals surface area contributed by atoms with Crippen molar-refractivity contribution in [2.45, 2.75) is 30.3 Å². The summed E-state index contributed by atoms with van der Waals surface area (Å²) in [7, 11) is -1.71. The van der Waals surface area contributed by atoms with Gasteiger partial charge < -0.3 is 4.74 Å². The van der Waals surface area contributed by atoms with E-state index in [1.807, 2.05) is 12.1 Å². The molecule has 112 valence electrons. The van der Waals surface area contributed by atoms with Crippen LogP contribution in [0.15, 0.2) is 29.2 Å². The zero-order valence-electron chi connectivity index (χ0n) is 11.6. The number of aryl methyl sites for hydroxylation is 1. The molecular weight excluding hydrogens is 298 g/mol. The normalized spacial score (nSPS) is 18.3. The van der Waals surface area contributed by atoms with E-state index in [0.29, 0.717) is 23.9 Å². The van der Waals surface area contributed by atoms with Gasteiger partial charge in [0.25, 0.3) is 0 Å². The SMILES string of the molecule is COC1CCN(S(=O)(=O)c2ccc(CCCl)cc2)CC1. The predicted octanol–water partition coefficient (Wildman–Crippen LogP) is 2.27. The third kappa shape index (κ3) is 3.52. The fraction of sp³-hybridized carbons (Fsp3) is 0.571. The van der Waals surface area contributed by atoms with Gasteiger partial charge in [-0.2, -0.15) is 4.31 Å². The molecule has 6 heteroatoms. The molecule has 0 aliphatic carbocycles. The molecule has 1 fully saturated rings. The summed E-state index contributed by atoms with van der Waals surface area (Å²) in [5.41, 5.74) is 1.05. The molecule has 1 saturated heterocycles. The summed E-state index contributed by atoms with van der Waals surface area (Å²) in [4.78, 5) is 0.353. The van der Waals surface area contributed by atoms with Crippen molar-refractivity contribution in [1.29, 1.82) is 0 Å². The Bertz CT molecular complexity index is 522. The Hall–Kier alpha value is -0.620. The quantitative estimate of drug-likeness (QED) is 0.783. The lowest BCUT2D eigenvalue weighted by Gasteiger charge is -2.30.